The van der Waals surface area contributed by atoms with Gasteiger partial charge in [0.2, 0.25) is 5.95 Å². The fourth-order valence-electron chi connectivity index (χ4n) is 2.96. The van der Waals surface area contributed by atoms with E-state index in [1.54, 1.807) is 13.3 Å². The largest absolute Gasteiger partial charge is 0.497 e. The lowest BCUT2D eigenvalue weighted by atomic mass is 10.1. The number of methoxy groups -OCH3 is 1. The van der Waals surface area contributed by atoms with Gasteiger partial charge in [-0.25, -0.2) is 4.98 Å². The molecule has 0 radical (unpaired) electrons. The third-order valence-electron chi connectivity index (χ3n) is 4.51. The highest BCUT2D eigenvalue weighted by molar-refractivity contribution is 5.63. The van der Waals surface area contributed by atoms with Crippen molar-refractivity contribution in [2.24, 2.45) is 0 Å². The summed E-state index contributed by atoms with van der Waals surface area (Å²) in [5.74, 6) is 2.29. The van der Waals surface area contributed by atoms with Crippen LogP contribution in [-0.2, 0) is 12.8 Å². The van der Waals surface area contributed by atoms with Gasteiger partial charge in [-0.3, -0.25) is 0 Å². The Morgan fingerprint density at radius 1 is 1.04 bits per heavy atom. The highest BCUT2D eigenvalue weighted by Crippen LogP contribution is 2.24. The number of para-hydroxylation sites is 1. The summed E-state index contributed by atoms with van der Waals surface area (Å²) in [6.45, 7) is 5.05. The van der Waals surface area contributed by atoms with Gasteiger partial charge in [0.25, 0.3) is 0 Å². The van der Waals surface area contributed by atoms with Crippen LogP contribution in [0.25, 0.3) is 0 Å². The first-order chi connectivity index (χ1) is 13.2. The Hall–Kier alpha value is -3.08. The van der Waals surface area contributed by atoms with Crippen molar-refractivity contribution in [2.75, 3.05) is 24.3 Å². The molecule has 0 amide bonds. The number of hydrogen-bond donors (Lipinski definition) is 2. The average Bonchev–Trinajstić information content (AvgIpc) is 2.70. The van der Waals surface area contributed by atoms with Crippen molar-refractivity contribution in [3.63, 3.8) is 0 Å². The zero-order valence-corrected chi connectivity index (χ0v) is 16.1. The van der Waals surface area contributed by atoms with Gasteiger partial charge in [0.05, 0.1) is 7.11 Å². The normalized spacial score (nSPS) is 10.5. The number of benzene rings is 2. The fraction of sp³-hybridized carbons (Fsp3) is 0.273. The topological polar surface area (TPSA) is 59.1 Å². The van der Waals surface area contributed by atoms with Crippen LogP contribution in [0.1, 0.15) is 23.6 Å². The van der Waals surface area contributed by atoms with Gasteiger partial charge in [-0.05, 0) is 54.7 Å². The van der Waals surface area contributed by atoms with Crippen molar-refractivity contribution in [1.82, 2.24) is 9.97 Å². The minimum Gasteiger partial charge on any atom is -0.497 e. The third-order valence-corrected chi connectivity index (χ3v) is 4.51. The molecule has 0 unspecified atom stereocenters. The van der Waals surface area contributed by atoms with E-state index in [0.29, 0.717) is 5.95 Å². The summed E-state index contributed by atoms with van der Waals surface area (Å²) in [6.07, 6.45) is 3.65. The summed E-state index contributed by atoms with van der Waals surface area (Å²) < 4.78 is 5.19. The molecular weight excluding hydrogens is 336 g/mol. The van der Waals surface area contributed by atoms with E-state index < -0.39 is 0 Å². The molecule has 0 aliphatic carbocycles. The molecule has 0 aliphatic heterocycles. The van der Waals surface area contributed by atoms with Crippen LogP contribution >= 0.6 is 0 Å². The Balaban J connectivity index is 1.62. The molecule has 0 saturated carbocycles. The monoisotopic (exact) mass is 362 g/mol. The van der Waals surface area contributed by atoms with E-state index in [1.165, 1.54) is 16.7 Å². The number of nitrogens with one attached hydrogen (secondary N) is 2. The minimum absolute atomic E-state index is 0.605. The maximum atomic E-state index is 5.19. The van der Waals surface area contributed by atoms with Gasteiger partial charge >= 0.3 is 0 Å². The molecule has 2 N–H and O–H groups in total. The first-order valence-corrected chi connectivity index (χ1v) is 9.25. The van der Waals surface area contributed by atoms with Gasteiger partial charge in [-0.15, -0.1) is 0 Å². The van der Waals surface area contributed by atoms with Crippen molar-refractivity contribution >= 4 is 17.5 Å². The second-order valence-electron chi connectivity index (χ2n) is 6.38. The molecule has 5 nitrogen and oxygen atoms in total. The van der Waals surface area contributed by atoms with Gasteiger partial charge in [0, 0.05) is 18.4 Å². The van der Waals surface area contributed by atoms with Crippen LogP contribution in [0.15, 0.2) is 54.7 Å². The van der Waals surface area contributed by atoms with Crippen molar-refractivity contribution in [3.05, 3.63) is 71.4 Å². The van der Waals surface area contributed by atoms with E-state index in [1.807, 2.05) is 18.2 Å². The first-order valence-electron chi connectivity index (χ1n) is 9.25. The summed E-state index contributed by atoms with van der Waals surface area (Å²) in [6, 6.07) is 16.3. The predicted octanol–water partition coefficient (Wildman–Crippen LogP) is 4.75. The van der Waals surface area contributed by atoms with Gasteiger partial charge in [0.15, 0.2) is 0 Å². The molecule has 0 saturated heterocycles. The lowest BCUT2D eigenvalue weighted by molar-refractivity contribution is 0.414. The van der Waals surface area contributed by atoms with Crippen LogP contribution < -0.4 is 15.4 Å². The number of nitrogens with zero attached hydrogens (tertiary/aromatic N) is 2. The molecule has 0 aliphatic rings. The highest BCUT2D eigenvalue weighted by atomic mass is 16.5. The lowest BCUT2D eigenvalue weighted by Crippen LogP contribution is -2.08. The second kappa shape index (κ2) is 9.03. The van der Waals surface area contributed by atoms with Crippen LogP contribution in [0, 0.1) is 6.92 Å². The standard InChI is InChI=1S/C22H26N4O/c1-4-18-7-5-6-16(2)21(18)26-22-24-15-13-20(25-22)23-14-12-17-8-10-19(27-3)11-9-17/h5-11,13,15H,4,12,14H2,1-3H3,(H2,23,24,25,26). The summed E-state index contributed by atoms with van der Waals surface area (Å²) in [7, 11) is 1.68. The minimum atomic E-state index is 0.605. The van der Waals surface area contributed by atoms with Crippen molar-refractivity contribution < 1.29 is 4.74 Å². The fourth-order valence-corrected chi connectivity index (χ4v) is 2.96. The van der Waals surface area contributed by atoms with E-state index in [9.17, 15) is 0 Å². The van der Waals surface area contributed by atoms with Crippen LogP contribution in [0.5, 0.6) is 5.75 Å². The molecule has 0 atom stereocenters. The number of anilines is 3. The third kappa shape index (κ3) is 4.97. The Labute approximate surface area is 160 Å². The molecule has 1 aromatic heterocycles. The van der Waals surface area contributed by atoms with Gasteiger partial charge in [0.1, 0.15) is 11.6 Å². The second-order valence-corrected chi connectivity index (χ2v) is 6.38. The lowest BCUT2D eigenvalue weighted by Gasteiger charge is -2.13. The molecule has 2 aromatic carbocycles. The van der Waals surface area contributed by atoms with Gasteiger partial charge < -0.3 is 15.4 Å². The molecular formula is C22H26N4O. The molecule has 140 valence electrons. The Bertz CT molecular complexity index is 878. The van der Waals surface area contributed by atoms with E-state index in [-0.39, 0.29) is 0 Å². The summed E-state index contributed by atoms with van der Waals surface area (Å²) >= 11 is 0. The number of hydrogen-bond acceptors (Lipinski definition) is 5. The highest BCUT2D eigenvalue weighted by Gasteiger charge is 2.07. The van der Waals surface area contributed by atoms with E-state index in [4.69, 9.17) is 4.74 Å². The van der Waals surface area contributed by atoms with Gasteiger partial charge in [-0.2, -0.15) is 4.98 Å². The van der Waals surface area contributed by atoms with Gasteiger partial charge in [-0.1, -0.05) is 37.3 Å². The van der Waals surface area contributed by atoms with E-state index >= 15 is 0 Å². The summed E-state index contributed by atoms with van der Waals surface area (Å²) in [5, 5.41) is 6.75. The maximum absolute atomic E-state index is 5.19. The van der Waals surface area contributed by atoms with Crippen molar-refractivity contribution in [1.29, 1.82) is 0 Å². The summed E-state index contributed by atoms with van der Waals surface area (Å²) in [4.78, 5) is 8.95. The Morgan fingerprint density at radius 2 is 1.85 bits per heavy atom. The van der Waals surface area contributed by atoms with Crippen LogP contribution in [0.2, 0.25) is 0 Å². The number of aromatic nitrogens is 2. The molecule has 0 bridgehead atoms. The summed E-state index contributed by atoms with van der Waals surface area (Å²) in [5.41, 5.74) is 4.80. The SMILES string of the molecule is CCc1cccc(C)c1Nc1nccc(NCCc2ccc(OC)cc2)n1. The number of ether oxygens (including phenoxy) is 1. The van der Waals surface area contributed by atoms with Crippen molar-refractivity contribution in [3.8, 4) is 5.75 Å². The smallest absolute Gasteiger partial charge is 0.229 e. The molecule has 3 rings (SSSR count). The van der Waals surface area contributed by atoms with Crippen LogP contribution in [0.4, 0.5) is 17.5 Å². The average molecular weight is 362 g/mol. The quantitative estimate of drug-likeness (QED) is 0.605. The molecule has 0 spiro atoms. The van der Waals surface area contributed by atoms with E-state index in [0.717, 1.165) is 36.6 Å². The molecule has 0 fully saturated rings. The molecule has 3 aromatic rings. The maximum Gasteiger partial charge on any atom is 0.229 e. The number of rotatable bonds is 8. The van der Waals surface area contributed by atoms with Crippen LogP contribution in [0.3, 0.4) is 0 Å². The zero-order valence-electron chi connectivity index (χ0n) is 16.1. The van der Waals surface area contributed by atoms with E-state index in [2.05, 4.69) is 64.8 Å². The Morgan fingerprint density at radius 3 is 2.59 bits per heavy atom. The van der Waals surface area contributed by atoms with Crippen LogP contribution in [-0.4, -0.2) is 23.6 Å². The Kier molecular flexibility index (Phi) is 6.26. The molecule has 5 heteroatoms. The molecule has 27 heavy (non-hydrogen) atoms. The zero-order chi connectivity index (χ0) is 19.1. The predicted molar refractivity (Wildman–Crippen MR) is 111 cm³/mol. The molecule has 1 heterocycles. The first kappa shape index (κ1) is 18.7. The number of aryl methyl sites for hydroxylation is 2. The van der Waals surface area contributed by atoms with Crippen molar-refractivity contribution in [2.45, 2.75) is 26.7 Å².